The summed E-state index contributed by atoms with van der Waals surface area (Å²) in [7, 11) is 0. The standard InChI is InChI=1S/C13H21NO2/c1-10-7-5-6-8-11(10)9-14-12(15)16-13(2,3)4/h5,7H,6,8-9H2,1-4H3,(H,14,15). The fourth-order valence-corrected chi connectivity index (χ4v) is 1.55. The van der Waals surface area contributed by atoms with Crippen molar-refractivity contribution < 1.29 is 9.53 Å². The molecule has 0 unspecified atom stereocenters. The van der Waals surface area contributed by atoms with Gasteiger partial charge in [-0.25, -0.2) is 4.79 Å². The van der Waals surface area contributed by atoms with E-state index in [1.807, 2.05) is 20.8 Å². The van der Waals surface area contributed by atoms with Crippen LogP contribution >= 0.6 is 0 Å². The summed E-state index contributed by atoms with van der Waals surface area (Å²) in [5, 5.41) is 2.79. The van der Waals surface area contributed by atoms with Crippen molar-refractivity contribution in [2.24, 2.45) is 0 Å². The number of nitrogens with one attached hydrogen (secondary N) is 1. The molecule has 0 radical (unpaired) electrons. The number of carbonyl (C=O) groups excluding carboxylic acids is 1. The molecular weight excluding hydrogens is 202 g/mol. The molecule has 0 heterocycles. The lowest BCUT2D eigenvalue weighted by Gasteiger charge is -2.20. The van der Waals surface area contributed by atoms with Crippen molar-refractivity contribution in [2.45, 2.75) is 46.1 Å². The van der Waals surface area contributed by atoms with Gasteiger partial charge in [0.1, 0.15) is 5.60 Å². The largest absolute Gasteiger partial charge is 0.444 e. The second kappa shape index (κ2) is 5.19. The predicted molar refractivity (Wildman–Crippen MR) is 65.3 cm³/mol. The zero-order chi connectivity index (χ0) is 12.2. The molecule has 0 aromatic heterocycles. The van der Waals surface area contributed by atoms with E-state index in [1.165, 1.54) is 11.1 Å². The van der Waals surface area contributed by atoms with Gasteiger partial charge in [-0.2, -0.15) is 0 Å². The quantitative estimate of drug-likeness (QED) is 0.780. The van der Waals surface area contributed by atoms with Crippen molar-refractivity contribution >= 4 is 6.09 Å². The molecule has 0 saturated heterocycles. The minimum absolute atomic E-state index is 0.345. The van der Waals surface area contributed by atoms with Gasteiger partial charge >= 0.3 is 6.09 Å². The first kappa shape index (κ1) is 12.8. The van der Waals surface area contributed by atoms with Crippen LogP contribution in [0.5, 0.6) is 0 Å². The van der Waals surface area contributed by atoms with Gasteiger partial charge in [-0.05, 0) is 46.1 Å². The lowest BCUT2D eigenvalue weighted by molar-refractivity contribution is 0.0532. The summed E-state index contributed by atoms with van der Waals surface area (Å²) in [6.45, 7) is 8.24. The number of rotatable bonds is 2. The number of alkyl carbamates (subject to hydrolysis) is 1. The SMILES string of the molecule is CC1=C(CNC(=O)OC(C)(C)C)CCC=C1. The Morgan fingerprint density at radius 3 is 2.75 bits per heavy atom. The third kappa shape index (κ3) is 4.51. The van der Waals surface area contributed by atoms with Gasteiger partial charge in [0.05, 0.1) is 0 Å². The first-order chi connectivity index (χ1) is 7.38. The van der Waals surface area contributed by atoms with Gasteiger partial charge in [0, 0.05) is 6.54 Å². The molecule has 3 nitrogen and oxygen atoms in total. The van der Waals surface area contributed by atoms with Crippen LogP contribution in [-0.2, 0) is 4.74 Å². The number of amides is 1. The topological polar surface area (TPSA) is 38.3 Å². The van der Waals surface area contributed by atoms with E-state index < -0.39 is 5.60 Å². The highest BCUT2D eigenvalue weighted by atomic mass is 16.6. The number of carbonyl (C=O) groups is 1. The predicted octanol–water partition coefficient (Wildman–Crippen LogP) is 3.18. The van der Waals surface area contributed by atoms with Crippen LogP contribution in [0.4, 0.5) is 4.79 Å². The molecule has 1 aliphatic carbocycles. The molecule has 16 heavy (non-hydrogen) atoms. The number of hydrogen-bond donors (Lipinski definition) is 1. The summed E-state index contributed by atoms with van der Waals surface area (Å²) in [6, 6.07) is 0. The van der Waals surface area contributed by atoms with E-state index in [1.54, 1.807) is 0 Å². The van der Waals surface area contributed by atoms with Crippen LogP contribution in [0.25, 0.3) is 0 Å². The zero-order valence-corrected chi connectivity index (χ0v) is 10.6. The van der Waals surface area contributed by atoms with Crippen LogP contribution in [0, 0.1) is 0 Å². The Balaban J connectivity index is 2.40. The molecule has 1 aliphatic rings. The van der Waals surface area contributed by atoms with Crippen molar-refractivity contribution in [2.75, 3.05) is 6.54 Å². The van der Waals surface area contributed by atoms with Crippen LogP contribution in [-0.4, -0.2) is 18.2 Å². The van der Waals surface area contributed by atoms with Crippen molar-refractivity contribution in [1.29, 1.82) is 0 Å². The maximum Gasteiger partial charge on any atom is 0.407 e. The molecule has 1 rings (SSSR count). The summed E-state index contributed by atoms with van der Waals surface area (Å²) in [4.78, 5) is 11.4. The van der Waals surface area contributed by atoms with Crippen LogP contribution < -0.4 is 5.32 Å². The van der Waals surface area contributed by atoms with E-state index in [4.69, 9.17) is 4.74 Å². The first-order valence-electron chi connectivity index (χ1n) is 5.70. The molecule has 0 aliphatic heterocycles. The molecule has 0 saturated carbocycles. The molecule has 0 aromatic carbocycles. The first-order valence-corrected chi connectivity index (χ1v) is 5.70. The highest BCUT2D eigenvalue weighted by Crippen LogP contribution is 2.17. The Kier molecular flexibility index (Phi) is 4.16. The van der Waals surface area contributed by atoms with Gasteiger partial charge in [-0.15, -0.1) is 0 Å². The monoisotopic (exact) mass is 223 g/mol. The smallest absolute Gasteiger partial charge is 0.407 e. The Labute approximate surface area is 97.6 Å². The van der Waals surface area contributed by atoms with E-state index in [0.29, 0.717) is 6.54 Å². The Morgan fingerprint density at radius 1 is 1.50 bits per heavy atom. The summed E-state index contributed by atoms with van der Waals surface area (Å²) in [5.74, 6) is 0. The van der Waals surface area contributed by atoms with Crippen LogP contribution in [0.1, 0.15) is 40.5 Å². The van der Waals surface area contributed by atoms with Gasteiger partial charge in [-0.1, -0.05) is 17.7 Å². The molecular formula is C13H21NO2. The highest BCUT2D eigenvalue weighted by Gasteiger charge is 2.16. The lowest BCUT2D eigenvalue weighted by atomic mass is 9.99. The average molecular weight is 223 g/mol. The normalized spacial score (nSPS) is 16.2. The van der Waals surface area contributed by atoms with E-state index in [-0.39, 0.29) is 6.09 Å². The third-order valence-electron chi connectivity index (χ3n) is 2.38. The maximum absolute atomic E-state index is 11.4. The lowest BCUT2D eigenvalue weighted by Crippen LogP contribution is -2.33. The van der Waals surface area contributed by atoms with Crippen LogP contribution in [0.3, 0.4) is 0 Å². The minimum atomic E-state index is -0.431. The number of allylic oxidation sites excluding steroid dienone is 3. The van der Waals surface area contributed by atoms with E-state index in [9.17, 15) is 4.79 Å². The molecule has 0 fully saturated rings. The van der Waals surface area contributed by atoms with Gasteiger partial charge in [0.15, 0.2) is 0 Å². The molecule has 1 amide bonds. The fourth-order valence-electron chi connectivity index (χ4n) is 1.55. The second-order valence-electron chi connectivity index (χ2n) is 5.08. The highest BCUT2D eigenvalue weighted by molar-refractivity contribution is 5.68. The van der Waals surface area contributed by atoms with Gasteiger partial charge < -0.3 is 10.1 Å². The zero-order valence-electron chi connectivity index (χ0n) is 10.6. The molecule has 3 heteroatoms. The van der Waals surface area contributed by atoms with Gasteiger partial charge in [-0.3, -0.25) is 0 Å². The van der Waals surface area contributed by atoms with Crippen molar-refractivity contribution in [3.05, 3.63) is 23.3 Å². The van der Waals surface area contributed by atoms with Crippen molar-refractivity contribution in [1.82, 2.24) is 5.32 Å². The minimum Gasteiger partial charge on any atom is -0.444 e. The van der Waals surface area contributed by atoms with Gasteiger partial charge in [0.2, 0.25) is 0 Å². The summed E-state index contributed by atoms with van der Waals surface area (Å²) >= 11 is 0. The molecule has 1 N–H and O–H groups in total. The Hall–Kier alpha value is -1.25. The Morgan fingerprint density at radius 2 is 2.19 bits per heavy atom. The third-order valence-corrected chi connectivity index (χ3v) is 2.38. The fraction of sp³-hybridized carbons (Fsp3) is 0.615. The van der Waals surface area contributed by atoms with E-state index in [2.05, 4.69) is 24.4 Å². The summed E-state index contributed by atoms with van der Waals surface area (Å²) in [6.07, 6.45) is 6.00. The molecule has 0 atom stereocenters. The van der Waals surface area contributed by atoms with E-state index in [0.717, 1.165) is 12.8 Å². The summed E-state index contributed by atoms with van der Waals surface area (Å²) in [5.41, 5.74) is 2.11. The number of ether oxygens (including phenoxy) is 1. The Bertz CT molecular complexity index is 321. The molecule has 90 valence electrons. The molecule has 0 spiro atoms. The molecule has 0 bridgehead atoms. The van der Waals surface area contributed by atoms with Gasteiger partial charge in [0.25, 0.3) is 0 Å². The van der Waals surface area contributed by atoms with Crippen molar-refractivity contribution in [3.8, 4) is 0 Å². The molecule has 0 aromatic rings. The maximum atomic E-state index is 11.4. The average Bonchev–Trinajstić information content (AvgIpc) is 2.14. The van der Waals surface area contributed by atoms with Crippen LogP contribution in [0.2, 0.25) is 0 Å². The summed E-state index contributed by atoms with van der Waals surface area (Å²) < 4.78 is 5.17. The van der Waals surface area contributed by atoms with Crippen LogP contribution in [0.15, 0.2) is 23.3 Å². The second-order valence-corrected chi connectivity index (χ2v) is 5.08. The van der Waals surface area contributed by atoms with Crippen molar-refractivity contribution in [3.63, 3.8) is 0 Å². The number of hydrogen-bond acceptors (Lipinski definition) is 2. The van der Waals surface area contributed by atoms with E-state index >= 15 is 0 Å².